The van der Waals surface area contributed by atoms with Crippen LogP contribution in [-0.4, -0.2) is 16.7 Å². The first kappa shape index (κ1) is 12.5. The number of aryl methyl sites for hydroxylation is 3. The summed E-state index contributed by atoms with van der Waals surface area (Å²) in [7, 11) is 2.25. The van der Waals surface area contributed by atoms with Crippen LogP contribution in [0.15, 0.2) is 12.1 Å². The van der Waals surface area contributed by atoms with Crippen LogP contribution in [0, 0.1) is 13.8 Å². The zero-order chi connectivity index (χ0) is 13.9. The van der Waals surface area contributed by atoms with E-state index in [0.29, 0.717) is 6.04 Å². The van der Waals surface area contributed by atoms with Crippen molar-refractivity contribution in [3.63, 3.8) is 0 Å². The lowest BCUT2D eigenvalue weighted by Crippen LogP contribution is -2.36. The molecular formula is C18H24N2. The second-order valence-electron chi connectivity index (χ2n) is 6.79. The van der Waals surface area contributed by atoms with Crippen molar-refractivity contribution in [2.75, 3.05) is 0 Å². The molecular weight excluding hydrogens is 244 g/mol. The molecule has 1 saturated carbocycles. The van der Waals surface area contributed by atoms with Gasteiger partial charge in [0.25, 0.3) is 0 Å². The standard InChI is InChI=1S/C18H24N2/c1-11-4-5-12(2)18-17(11)15-10-14(19-13-6-7-13)8-9-16(15)20(18)3/h4-5,13-14,19H,6-10H2,1-3H3. The van der Waals surface area contributed by atoms with E-state index in [4.69, 9.17) is 0 Å². The maximum Gasteiger partial charge on any atom is 0.0515 e. The lowest BCUT2D eigenvalue weighted by molar-refractivity contribution is 0.450. The average Bonchev–Trinajstić information content (AvgIpc) is 3.19. The molecule has 1 aromatic heterocycles. The molecule has 4 rings (SSSR count). The number of fused-ring (bicyclic) bond motifs is 3. The second-order valence-corrected chi connectivity index (χ2v) is 6.79. The molecule has 1 fully saturated rings. The van der Waals surface area contributed by atoms with E-state index >= 15 is 0 Å². The van der Waals surface area contributed by atoms with Crippen LogP contribution in [0.5, 0.6) is 0 Å². The number of nitrogens with zero attached hydrogens (tertiary/aromatic N) is 1. The highest BCUT2D eigenvalue weighted by molar-refractivity contribution is 5.91. The van der Waals surface area contributed by atoms with Gasteiger partial charge in [-0.05, 0) is 62.6 Å². The highest BCUT2D eigenvalue weighted by Crippen LogP contribution is 2.35. The molecule has 106 valence electrons. The van der Waals surface area contributed by atoms with Crippen LogP contribution in [0.25, 0.3) is 10.9 Å². The largest absolute Gasteiger partial charge is 0.347 e. The number of aromatic nitrogens is 1. The van der Waals surface area contributed by atoms with Crippen molar-refractivity contribution in [3.05, 3.63) is 34.5 Å². The van der Waals surface area contributed by atoms with Crippen LogP contribution in [0.2, 0.25) is 0 Å². The van der Waals surface area contributed by atoms with Gasteiger partial charge in [0.05, 0.1) is 5.52 Å². The van der Waals surface area contributed by atoms with Gasteiger partial charge >= 0.3 is 0 Å². The summed E-state index contributed by atoms with van der Waals surface area (Å²) in [6.45, 7) is 4.51. The number of nitrogens with one attached hydrogen (secondary N) is 1. The van der Waals surface area contributed by atoms with E-state index in [2.05, 4.69) is 42.9 Å². The van der Waals surface area contributed by atoms with E-state index in [9.17, 15) is 0 Å². The molecule has 1 heterocycles. The minimum absolute atomic E-state index is 0.695. The van der Waals surface area contributed by atoms with Crippen LogP contribution in [0.1, 0.15) is 41.6 Å². The lowest BCUT2D eigenvalue weighted by atomic mass is 9.90. The normalized spacial score (nSPS) is 22.2. The zero-order valence-electron chi connectivity index (χ0n) is 12.8. The lowest BCUT2D eigenvalue weighted by Gasteiger charge is -2.24. The predicted molar refractivity (Wildman–Crippen MR) is 84.4 cm³/mol. The topological polar surface area (TPSA) is 17.0 Å². The second kappa shape index (κ2) is 4.36. The van der Waals surface area contributed by atoms with Crippen molar-refractivity contribution in [3.8, 4) is 0 Å². The minimum atomic E-state index is 0.695. The van der Waals surface area contributed by atoms with E-state index in [-0.39, 0.29) is 0 Å². The Morgan fingerprint density at radius 2 is 1.80 bits per heavy atom. The first-order valence-electron chi connectivity index (χ1n) is 7.97. The van der Waals surface area contributed by atoms with E-state index in [1.165, 1.54) is 54.1 Å². The maximum absolute atomic E-state index is 3.83. The molecule has 1 unspecified atom stereocenters. The van der Waals surface area contributed by atoms with Crippen molar-refractivity contribution in [1.82, 2.24) is 9.88 Å². The molecule has 0 spiro atoms. The molecule has 2 aliphatic carbocycles. The van der Waals surface area contributed by atoms with Gasteiger partial charge in [0.1, 0.15) is 0 Å². The SMILES string of the molecule is Cc1ccc(C)c2c1c1c(n2C)CCC(NC2CC2)C1. The van der Waals surface area contributed by atoms with Crippen molar-refractivity contribution in [2.45, 2.75) is 58.0 Å². The summed E-state index contributed by atoms with van der Waals surface area (Å²) < 4.78 is 2.46. The third-order valence-electron chi connectivity index (χ3n) is 5.21. The fourth-order valence-electron chi connectivity index (χ4n) is 4.01. The fourth-order valence-corrected chi connectivity index (χ4v) is 4.01. The van der Waals surface area contributed by atoms with Gasteiger partial charge in [-0.15, -0.1) is 0 Å². The quantitative estimate of drug-likeness (QED) is 0.883. The monoisotopic (exact) mass is 268 g/mol. The van der Waals surface area contributed by atoms with Crippen molar-refractivity contribution in [1.29, 1.82) is 0 Å². The van der Waals surface area contributed by atoms with Crippen molar-refractivity contribution < 1.29 is 0 Å². The Kier molecular flexibility index (Phi) is 2.71. The first-order valence-corrected chi connectivity index (χ1v) is 7.97. The summed E-state index contributed by atoms with van der Waals surface area (Å²) in [5.74, 6) is 0. The molecule has 0 amide bonds. The molecule has 1 atom stereocenters. The Labute approximate surface area is 121 Å². The summed E-state index contributed by atoms with van der Waals surface area (Å²) in [6.07, 6.45) is 6.51. The predicted octanol–water partition coefficient (Wildman–Crippen LogP) is 3.40. The summed E-state index contributed by atoms with van der Waals surface area (Å²) in [4.78, 5) is 0. The first-order chi connectivity index (χ1) is 9.65. The van der Waals surface area contributed by atoms with Gasteiger partial charge in [-0.3, -0.25) is 0 Å². The smallest absolute Gasteiger partial charge is 0.0515 e. The molecule has 2 aliphatic rings. The van der Waals surface area contributed by atoms with E-state index < -0.39 is 0 Å². The number of hydrogen-bond acceptors (Lipinski definition) is 1. The van der Waals surface area contributed by atoms with Crippen LogP contribution in [-0.2, 0) is 19.9 Å². The van der Waals surface area contributed by atoms with Crippen LogP contribution in [0.4, 0.5) is 0 Å². The summed E-state index contributed by atoms with van der Waals surface area (Å²) in [5, 5.41) is 5.36. The molecule has 0 aliphatic heterocycles. The van der Waals surface area contributed by atoms with Gasteiger partial charge in [0.15, 0.2) is 0 Å². The van der Waals surface area contributed by atoms with Crippen molar-refractivity contribution in [2.24, 2.45) is 7.05 Å². The molecule has 2 heteroatoms. The average molecular weight is 268 g/mol. The van der Waals surface area contributed by atoms with Gasteiger partial charge in [-0.2, -0.15) is 0 Å². The molecule has 20 heavy (non-hydrogen) atoms. The molecule has 1 N–H and O–H groups in total. The number of rotatable bonds is 2. The van der Waals surface area contributed by atoms with Gasteiger partial charge in [-0.25, -0.2) is 0 Å². The molecule has 2 aromatic rings. The van der Waals surface area contributed by atoms with Gasteiger partial charge in [-0.1, -0.05) is 12.1 Å². The summed E-state index contributed by atoms with van der Waals surface area (Å²) in [5.41, 5.74) is 7.50. The highest BCUT2D eigenvalue weighted by Gasteiger charge is 2.29. The van der Waals surface area contributed by atoms with Crippen LogP contribution in [0.3, 0.4) is 0 Å². The summed E-state index contributed by atoms with van der Waals surface area (Å²) >= 11 is 0. The fraction of sp³-hybridized carbons (Fsp3) is 0.556. The Balaban J connectivity index is 1.83. The molecule has 1 aromatic carbocycles. The Morgan fingerprint density at radius 3 is 2.55 bits per heavy atom. The van der Waals surface area contributed by atoms with E-state index in [0.717, 1.165) is 6.04 Å². The Bertz CT molecular complexity index is 677. The molecule has 0 bridgehead atoms. The summed E-state index contributed by atoms with van der Waals surface area (Å²) in [6, 6.07) is 6.07. The van der Waals surface area contributed by atoms with Gasteiger partial charge in [0.2, 0.25) is 0 Å². The highest BCUT2D eigenvalue weighted by atomic mass is 15.0. The maximum atomic E-state index is 3.83. The van der Waals surface area contributed by atoms with Crippen LogP contribution >= 0.6 is 0 Å². The minimum Gasteiger partial charge on any atom is -0.347 e. The molecule has 0 radical (unpaired) electrons. The molecule has 2 nitrogen and oxygen atoms in total. The van der Waals surface area contributed by atoms with Gasteiger partial charge in [0, 0.05) is 30.2 Å². The Hall–Kier alpha value is -1.28. The Morgan fingerprint density at radius 1 is 1.05 bits per heavy atom. The third kappa shape index (κ3) is 1.81. The number of hydrogen-bond donors (Lipinski definition) is 1. The van der Waals surface area contributed by atoms with Gasteiger partial charge < -0.3 is 9.88 Å². The zero-order valence-corrected chi connectivity index (χ0v) is 12.8. The van der Waals surface area contributed by atoms with E-state index in [1.54, 1.807) is 11.3 Å². The van der Waals surface area contributed by atoms with Crippen LogP contribution < -0.4 is 5.32 Å². The molecule has 0 saturated heterocycles. The van der Waals surface area contributed by atoms with E-state index in [1.807, 2.05) is 0 Å². The van der Waals surface area contributed by atoms with Crippen molar-refractivity contribution >= 4 is 10.9 Å². The third-order valence-corrected chi connectivity index (χ3v) is 5.21. The number of benzene rings is 1.